The number of methoxy groups -OCH3 is 1. The van der Waals surface area contributed by atoms with Crippen LogP contribution in [0.15, 0.2) is 30.7 Å². The van der Waals surface area contributed by atoms with E-state index >= 15 is 0 Å². The molecule has 7 nitrogen and oxygen atoms in total. The monoisotopic (exact) mass is 353 g/mol. The van der Waals surface area contributed by atoms with Crippen LogP contribution in [0.1, 0.15) is 5.69 Å². The van der Waals surface area contributed by atoms with Gasteiger partial charge in [0.15, 0.2) is 0 Å². The molecule has 0 spiro atoms. The summed E-state index contributed by atoms with van der Waals surface area (Å²) in [6.07, 6.45) is -2.19. The van der Waals surface area contributed by atoms with Gasteiger partial charge in [0, 0.05) is 31.0 Å². The molecule has 0 bridgehead atoms. The molecule has 0 saturated carbocycles. The van der Waals surface area contributed by atoms with Crippen LogP contribution >= 0.6 is 0 Å². The van der Waals surface area contributed by atoms with Gasteiger partial charge in [0.25, 0.3) is 0 Å². The van der Waals surface area contributed by atoms with Gasteiger partial charge in [-0.2, -0.15) is 13.2 Å². The standard InChI is InChI=1S/C15H14F3N5O2/c1-25-13-7-12(20-9-21-13)22-4-5-23(14(24)8-22)10-2-3-19-11(6-10)15(16,17)18/h2-3,6-7,9H,4-5,8H2,1H3. The topological polar surface area (TPSA) is 71.5 Å². The number of piperazine rings is 1. The Kier molecular flexibility index (Phi) is 4.43. The second-order valence-corrected chi connectivity index (χ2v) is 5.28. The summed E-state index contributed by atoms with van der Waals surface area (Å²) in [7, 11) is 1.47. The van der Waals surface area contributed by atoms with Crippen molar-refractivity contribution in [2.75, 3.05) is 36.5 Å². The number of pyridine rings is 1. The molecule has 25 heavy (non-hydrogen) atoms. The van der Waals surface area contributed by atoms with Crippen LogP contribution in [0.2, 0.25) is 0 Å². The van der Waals surface area contributed by atoms with E-state index in [1.54, 1.807) is 11.0 Å². The number of nitrogens with zero attached hydrogens (tertiary/aromatic N) is 5. The van der Waals surface area contributed by atoms with Crippen molar-refractivity contribution in [1.29, 1.82) is 0 Å². The van der Waals surface area contributed by atoms with Gasteiger partial charge in [-0.05, 0) is 12.1 Å². The highest BCUT2D eigenvalue weighted by Crippen LogP contribution is 2.30. The second kappa shape index (κ2) is 6.54. The van der Waals surface area contributed by atoms with Crippen LogP contribution in [0, 0.1) is 0 Å². The van der Waals surface area contributed by atoms with Crippen molar-refractivity contribution in [1.82, 2.24) is 15.0 Å². The molecule has 2 aromatic rings. The van der Waals surface area contributed by atoms with Gasteiger partial charge >= 0.3 is 6.18 Å². The Morgan fingerprint density at radius 2 is 1.96 bits per heavy atom. The highest BCUT2D eigenvalue weighted by molar-refractivity contribution is 5.97. The fraction of sp³-hybridized carbons (Fsp3) is 0.333. The molecule has 0 N–H and O–H groups in total. The number of carbonyl (C=O) groups is 1. The van der Waals surface area contributed by atoms with E-state index in [1.807, 2.05) is 0 Å². The van der Waals surface area contributed by atoms with Crippen LogP contribution in [0.3, 0.4) is 0 Å². The molecule has 1 aliphatic heterocycles. The summed E-state index contributed by atoms with van der Waals surface area (Å²) < 4.78 is 43.4. The van der Waals surface area contributed by atoms with Crippen LogP contribution in [-0.4, -0.2) is 47.6 Å². The molecular weight excluding hydrogens is 339 g/mol. The van der Waals surface area contributed by atoms with Crippen molar-refractivity contribution < 1.29 is 22.7 Å². The SMILES string of the molecule is COc1cc(N2CCN(c3ccnc(C(F)(F)F)c3)C(=O)C2)ncn1. The number of anilines is 2. The minimum atomic E-state index is -4.56. The zero-order valence-corrected chi connectivity index (χ0v) is 13.2. The van der Waals surface area contributed by atoms with Crippen LogP contribution in [-0.2, 0) is 11.0 Å². The van der Waals surface area contributed by atoms with Gasteiger partial charge in [-0.1, -0.05) is 0 Å². The van der Waals surface area contributed by atoms with Crippen molar-refractivity contribution in [2.45, 2.75) is 6.18 Å². The summed E-state index contributed by atoms with van der Waals surface area (Å²) >= 11 is 0. The highest BCUT2D eigenvalue weighted by Gasteiger charge is 2.34. The molecule has 3 rings (SSSR count). The average molecular weight is 353 g/mol. The molecular formula is C15H14F3N5O2. The number of halogens is 3. The molecule has 0 aromatic carbocycles. The predicted molar refractivity (Wildman–Crippen MR) is 82.4 cm³/mol. The van der Waals surface area contributed by atoms with Gasteiger partial charge in [0.1, 0.15) is 17.8 Å². The minimum Gasteiger partial charge on any atom is -0.481 e. The maximum absolute atomic E-state index is 12.8. The highest BCUT2D eigenvalue weighted by atomic mass is 19.4. The molecule has 0 atom stereocenters. The lowest BCUT2D eigenvalue weighted by Crippen LogP contribution is -2.51. The first-order chi connectivity index (χ1) is 11.9. The third kappa shape index (κ3) is 3.62. The largest absolute Gasteiger partial charge is 0.481 e. The fourth-order valence-electron chi connectivity index (χ4n) is 2.50. The van der Waals surface area contributed by atoms with Crippen molar-refractivity contribution >= 4 is 17.4 Å². The molecule has 2 aromatic heterocycles. The normalized spacial score (nSPS) is 15.4. The number of carbonyl (C=O) groups excluding carboxylic acids is 1. The van der Waals surface area contributed by atoms with Crippen molar-refractivity contribution in [2.24, 2.45) is 0 Å². The van der Waals surface area contributed by atoms with Gasteiger partial charge < -0.3 is 14.5 Å². The minimum absolute atomic E-state index is 0.0101. The lowest BCUT2D eigenvalue weighted by atomic mass is 10.2. The molecule has 1 saturated heterocycles. The van der Waals surface area contributed by atoms with Crippen LogP contribution in [0.25, 0.3) is 0 Å². The number of ether oxygens (including phenoxy) is 1. The summed E-state index contributed by atoms with van der Waals surface area (Å²) in [5, 5.41) is 0. The third-order valence-corrected chi connectivity index (χ3v) is 3.73. The molecule has 1 amide bonds. The van der Waals surface area contributed by atoms with Crippen molar-refractivity contribution in [3.8, 4) is 5.88 Å². The van der Waals surface area contributed by atoms with Gasteiger partial charge in [-0.25, -0.2) is 9.97 Å². The smallest absolute Gasteiger partial charge is 0.433 e. The summed E-state index contributed by atoms with van der Waals surface area (Å²) in [6.45, 7) is 0.631. The van der Waals surface area contributed by atoms with Gasteiger partial charge in [0.05, 0.1) is 13.7 Å². The number of rotatable bonds is 3. The Morgan fingerprint density at radius 3 is 2.64 bits per heavy atom. The lowest BCUT2D eigenvalue weighted by molar-refractivity contribution is -0.141. The van der Waals surface area contributed by atoms with E-state index in [1.165, 1.54) is 24.4 Å². The first-order valence-corrected chi connectivity index (χ1v) is 7.33. The third-order valence-electron chi connectivity index (χ3n) is 3.73. The first-order valence-electron chi connectivity index (χ1n) is 7.33. The van der Waals surface area contributed by atoms with Gasteiger partial charge in [-0.3, -0.25) is 9.78 Å². The van der Waals surface area contributed by atoms with E-state index in [9.17, 15) is 18.0 Å². The van der Waals surface area contributed by atoms with E-state index in [-0.39, 0.29) is 24.7 Å². The van der Waals surface area contributed by atoms with Crippen LogP contribution in [0.4, 0.5) is 24.7 Å². The number of hydrogen-bond acceptors (Lipinski definition) is 6. The lowest BCUT2D eigenvalue weighted by Gasteiger charge is -2.35. The Balaban J connectivity index is 1.77. The molecule has 0 radical (unpaired) electrons. The molecule has 1 aliphatic rings. The number of alkyl halides is 3. The summed E-state index contributed by atoms with van der Waals surface area (Å²) in [6, 6.07) is 3.86. The van der Waals surface area contributed by atoms with E-state index < -0.39 is 11.9 Å². The molecule has 0 aliphatic carbocycles. The molecule has 10 heteroatoms. The van der Waals surface area contributed by atoms with Crippen molar-refractivity contribution in [3.63, 3.8) is 0 Å². The number of hydrogen-bond donors (Lipinski definition) is 0. The molecule has 132 valence electrons. The Hall–Kier alpha value is -2.91. The van der Waals surface area contributed by atoms with E-state index in [4.69, 9.17) is 4.74 Å². The Bertz CT molecular complexity index is 784. The summed E-state index contributed by atoms with van der Waals surface area (Å²) in [5.74, 6) is 0.553. The van der Waals surface area contributed by atoms with Crippen LogP contribution in [0.5, 0.6) is 5.88 Å². The maximum Gasteiger partial charge on any atom is 0.433 e. The van der Waals surface area contributed by atoms with Gasteiger partial charge in [-0.15, -0.1) is 0 Å². The zero-order valence-electron chi connectivity index (χ0n) is 13.2. The second-order valence-electron chi connectivity index (χ2n) is 5.28. The fourth-order valence-corrected chi connectivity index (χ4v) is 2.50. The van der Waals surface area contributed by atoms with E-state index in [0.29, 0.717) is 18.2 Å². The number of aromatic nitrogens is 3. The maximum atomic E-state index is 12.8. The predicted octanol–water partition coefficient (Wildman–Crippen LogP) is 1.75. The van der Waals surface area contributed by atoms with E-state index in [0.717, 1.165) is 12.3 Å². The molecule has 3 heterocycles. The molecule has 1 fully saturated rings. The Labute approximate surface area is 141 Å². The quantitative estimate of drug-likeness (QED) is 0.837. The number of amides is 1. The van der Waals surface area contributed by atoms with Crippen LogP contribution < -0.4 is 14.5 Å². The van der Waals surface area contributed by atoms with Crippen molar-refractivity contribution in [3.05, 3.63) is 36.4 Å². The van der Waals surface area contributed by atoms with E-state index in [2.05, 4.69) is 15.0 Å². The summed E-state index contributed by atoms with van der Waals surface area (Å²) in [5.41, 5.74) is -0.854. The Morgan fingerprint density at radius 1 is 1.16 bits per heavy atom. The van der Waals surface area contributed by atoms with Gasteiger partial charge in [0.2, 0.25) is 11.8 Å². The molecule has 0 unspecified atom stereocenters. The zero-order chi connectivity index (χ0) is 18.0. The first kappa shape index (κ1) is 16.9. The average Bonchev–Trinajstić information content (AvgIpc) is 2.61. The summed E-state index contributed by atoms with van der Waals surface area (Å²) in [4.78, 5) is 26.7.